The molecular weight excluding hydrogens is 528 g/mol. The first kappa shape index (κ1) is 25.1. The van der Waals surface area contributed by atoms with Crippen LogP contribution in [0.15, 0.2) is 164 Å². The number of fused-ring (bicyclic) bond motifs is 6. The van der Waals surface area contributed by atoms with Gasteiger partial charge >= 0.3 is 0 Å². The zero-order valence-corrected chi connectivity index (χ0v) is 24.4. The molecule has 0 bridgehead atoms. The highest BCUT2D eigenvalue weighted by molar-refractivity contribution is 5.87. The van der Waals surface area contributed by atoms with Crippen molar-refractivity contribution < 1.29 is 0 Å². The lowest BCUT2D eigenvalue weighted by Crippen LogP contribution is -1.99. The van der Waals surface area contributed by atoms with Gasteiger partial charge in [-0.05, 0) is 102 Å². The summed E-state index contributed by atoms with van der Waals surface area (Å²) in [5.41, 5.74) is 20.1. The van der Waals surface area contributed by atoms with Gasteiger partial charge in [0.25, 0.3) is 0 Å². The zero-order valence-electron chi connectivity index (χ0n) is 24.4. The minimum atomic E-state index is 0.268. The van der Waals surface area contributed by atoms with E-state index in [4.69, 9.17) is 0 Å². The molecule has 0 N–H and O–H groups in total. The maximum Gasteiger partial charge on any atom is 0.0352 e. The SMILES string of the molecule is c1ccc(-c2ccc(-c3cccc(-c4cccc5c4Cc4ccc(C6c7ccccc7-c7ccccc76)cc4-5)c3)cc2)cc1. The Balaban J connectivity index is 1.08. The van der Waals surface area contributed by atoms with Crippen LogP contribution in [0, 0.1) is 0 Å². The standard InChI is InChI=1S/C44H30/c1-2-10-29(11-3-1)30-20-22-31(23-21-30)32-12-8-13-33(26-32)36-18-9-19-39-42-28-35(25-24-34(42)27-43(36)39)44-40-16-6-4-14-37(40)38-15-5-7-17-41(38)44/h1-26,28,44H,27H2. The first-order valence-corrected chi connectivity index (χ1v) is 15.5. The lowest BCUT2D eigenvalue weighted by Gasteiger charge is -2.16. The summed E-state index contributed by atoms with van der Waals surface area (Å²) in [6, 6.07) is 60.5. The van der Waals surface area contributed by atoms with Crippen LogP contribution in [-0.2, 0) is 6.42 Å². The number of benzene rings is 7. The van der Waals surface area contributed by atoms with E-state index >= 15 is 0 Å². The fourth-order valence-corrected chi connectivity index (χ4v) is 7.54. The summed E-state index contributed by atoms with van der Waals surface area (Å²) in [5, 5.41) is 0. The van der Waals surface area contributed by atoms with Gasteiger partial charge in [-0.2, -0.15) is 0 Å². The second-order valence-electron chi connectivity index (χ2n) is 12.1. The van der Waals surface area contributed by atoms with Crippen molar-refractivity contribution in [1.82, 2.24) is 0 Å². The third-order valence-corrected chi connectivity index (χ3v) is 9.63. The maximum atomic E-state index is 2.47. The van der Waals surface area contributed by atoms with Crippen molar-refractivity contribution >= 4 is 0 Å². The Morgan fingerprint density at radius 1 is 0.341 bits per heavy atom. The molecule has 44 heavy (non-hydrogen) atoms. The van der Waals surface area contributed by atoms with E-state index in [1.165, 1.54) is 83.5 Å². The largest absolute Gasteiger partial charge is 0.0622 e. The molecule has 0 aromatic heterocycles. The van der Waals surface area contributed by atoms with E-state index in [0.29, 0.717) is 0 Å². The predicted molar refractivity (Wildman–Crippen MR) is 184 cm³/mol. The van der Waals surface area contributed by atoms with Crippen LogP contribution in [0.2, 0.25) is 0 Å². The van der Waals surface area contributed by atoms with E-state index in [9.17, 15) is 0 Å². The second kappa shape index (κ2) is 10.1. The quantitative estimate of drug-likeness (QED) is 0.201. The first-order valence-electron chi connectivity index (χ1n) is 15.5. The second-order valence-corrected chi connectivity index (χ2v) is 12.1. The highest BCUT2D eigenvalue weighted by Gasteiger charge is 2.31. The Bertz CT molecular complexity index is 2140. The van der Waals surface area contributed by atoms with Gasteiger partial charge < -0.3 is 0 Å². The molecule has 9 rings (SSSR count). The predicted octanol–water partition coefficient (Wildman–Crippen LogP) is 11.4. The van der Waals surface area contributed by atoms with Crippen molar-refractivity contribution in [3.05, 3.63) is 192 Å². The fraction of sp³-hybridized carbons (Fsp3) is 0.0455. The minimum Gasteiger partial charge on any atom is -0.0622 e. The molecule has 206 valence electrons. The normalized spacial score (nSPS) is 12.8. The molecule has 0 saturated heterocycles. The summed E-state index contributed by atoms with van der Waals surface area (Å²) < 4.78 is 0. The van der Waals surface area contributed by atoms with E-state index in [1.807, 2.05) is 0 Å². The van der Waals surface area contributed by atoms with Crippen molar-refractivity contribution in [2.45, 2.75) is 12.3 Å². The summed E-state index contributed by atoms with van der Waals surface area (Å²) in [4.78, 5) is 0. The van der Waals surface area contributed by atoms with Gasteiger partial charge in [0.15, 0.2) is 0 Å². The average molecular weight is 559 g/mol. The molecule has 0 fully saturated rings. The van der Waals surface area contributed by atoms with Crippen molar-refractivity contribution in [3.63, 3.8) is 0 Å². The molecule has 0 unspecified atom stereocenters. The van der Waals surface area contributed by atoms with Crippen LogP contribution in [0.5, 0.6) is 0 Å². The van der Waals surface area contributed by atoms with Crippen LogP contribution < -0.4 is 0 Å². The van der Waals surface area contributed by atoms with Crippen LogP contribution in [0.4, 0.5) is 0 Å². The number of hydrogen-bond donors (Lipinski definition) is 0. The van der Waals surface area contributed by atoms with E-state index in [1.54, 1.807) is 0 Å². The lowest BCUT2D eigenvalue weighted by molar-refractivity contribution is 1.01. The Kier molecular flexibility index (Phi) is 5.74. The van der Waals surface area contributed by atoms with Crippen LogP contribution in [0.3, 0.4) is 0 Å². The molecule has 0 atom stereocenters. The molecule has 0 spiro atoms. The molecule has 2 aliphatic rings. The Hall–Kier alpha value is -5.46. The molecule has 0 amide bonds. The third-order valence-electron chi connectivity index (χ3n) is 9.63. The molecule has 0 heterocycles. The number of rotatable bonds is 4. The van der Waals surface area contributed by atoms with E-state index in [-0.39, 0.29) is 5.92 Å². The maximum absolute atomic E-state index is 2.47. The van der Waals surface area contributed by atoms with Crippen molar-refractivity contribution in [2.24, 2.45) is 0 Å². The lowest BCUT2D eigenvalue weighted by atomic mass is 9.87. The van der Waals surface area contributed by atoms with Gasteiger partial charge in [0.2, 0.25) is 0 Å². The van der Waals surface area contributed by atoms with Crippen LogP contribution >= 0.6 is 0 Å². The molecular formula is C44H30. The van der Waals surface area contributed by atoms with Gasteiger partial charge in [-0.15, -0.1) is 0 Å². The summed E-state index contributed by atoms with van der Waals surface area (Å²) in [7, 11) is 0. The highest BCUT2D eigenvalue weighted by Crippen LogP contribution is 2.50. The highest BCUT2D eigenvalue weighted by atomic mass is 14.3. The number of hydrogen-bond acceptors (Lipinski definition) is 0. The Labute approximate surface area is 258 Å². The molecule has 0 aliphatic heterocycles. The van der Waals surface area contributed by atoms with E-state index in [2.05, 4.69) is 164 Å². The van der Waals surface area contributed by atoms with Gasteiger partial charge in [-0.25, -0.2) is 0 Å². The topological polar surface area (TPSA) is 0 Å². The molecule has 0 nitrogen and oxygen atoms in total. The Morgan fingerprint density at radius 3 is 1.64 bits per heavy atom. The monoisotopic (exact) mass is 558 g/mol. The minimum absolute atomic E-state index is 0.268. The zero-order chi connectivity index (χ0) is 29.0. The molecule has 2 aliphatic carbocycles. The summed E-state index contributed by atoms with van der Waals surface area (Å²) in [6.07, 6.45) is 0.967. The van der Waals surface area contributed by atoms with Crippen LogP contribution in [0.25, 0.3) is 55.6 Å². The van der Waals surface area contributed by atoms with Gasteiger partial charge in [-0.3, -0.25) is 0 Å². The van der Waals surface area contributed by atoms with Gasteiger partial charge in [0.05, 0.1) is 0 Å². The van der Waals surface area contributed by atoms with Crippen molar-refractivity contribution in [1.29, 1.82) is 0 Å². The first-order chi connectivity index (χ1) is 21.8. The van der Waals surface area contributed by atoms with E-state index < -0.39 is 0 Å². The van der Waals surface area contributed by atoms with Gasteiger partial charge in [-0.1, -0.05) is 152 Å². The molecule has 7 aromatic carbocycles. The smallest absolute Gasteiger partial charge is 0.0352 e. The van der Waals surface area contributed by atoms with Crippen LogP contribution in [-0.4, -0.2) is 0 Å². The summed E-state index contributed by atoms with van der Waals surface area (Å²) in [6.45, 7) is 0. The molecule has 0 heteroatoms. The van der Waals surface area contributed by atoms with Gasteiger partial charge in [0, 0.05) is 5.92 Å². The Morgan fingerprint density at radius 2 is 0.886 bits per heavy atom. The molecule has 0 radical (unpaired) electrons. The van der Waals surface area contributed by atoms with Crippen molar-refractivity contribution in [2.75, 3.05) is 0 Å². The summed E-state index contributed by atoms with van der Waals surface area (Å²) >= 11 is 0. The molecule has 0 saturated carbocycles. The van der Waals surface area contributed by atoms with Crippen molar-refractivity contribution in [3.8, 4) is 55.6 Å². The van der Waals surface area contributed by atoms with Gasteiger partial charge in [0.1, 0.15) is 0 Å². The molecule has 7 aromatic rings. The summed E-state index contributed by atoms with van der Waals surface area (Å²) in [5.74, 6) is 0.268. The van der Waals surface area contributed by atoms with E-state index in [0.717, 1.165) is 6.42 Å². The fourth-order valence-electron chi connectivity index (χ4n) is 7.54. The van der Waals surface area contributed by atoms with Crippen LogP contribution in [0.1, 0.15) is 33.7 Å². The average Bonchev–Trinajstić information content (AvgIpc) is 3.64. The third kappa shape index (κ3) is 3.99.